The SMILES string of the molecule is O=C(NC1CCCCC1)[C@@H]1CCCCN1S(=O)(=O)c1ccccc1. The van der Waals surface area contributed by atoms with Crippen molar-refractivity contribution >= 4 is 15.9 Å². The molecule has 1 aromatic rings. The van der Waals surface area contributed by atoms with Crippen LogP contribution in [0.25, 0.3) is 0 Å². The topological polar surface area (TPSA) is 66.5 Å². The molecule has 2 aliphatic rings. The van der Waals surface area contributed by atoms with E-state index in [-0.39, 0.29) is 16.8 Å². The molecule has 132 valence electrons. The zero-order valence-electron chi connectivity index (χ0n) is 14.0. The Morgan fingerprint density at radius 1 is 0.958 bits per heavy atom. The second-order valence-corrected chi connectivity index (χ2v) is 8.67. The van der Waals surface area contributed by atoms with E-state index >= 15 is 0 Å². The summed E-state index contributed by atoms with van der Waals surface area (Å²) in [6.45, 7) is 0.417. The molecular weight excluding hydrogens is 324 g/mol. The number of carbonyl (C=O) groups excluding carboxylic acids is 1. The Kier molecular flexibility index (Phi) is 5.56. The third-order valence-electron chi connectivity index (χ3n) is 5.06. The molecule has 6 heteroatoms. The number of nitrogens with zero attached hydrogens (tertiary/aromatic N) is 1. The van der Waals surface area contributed by atoms with Gasteiger partial charge in [0.15, 0.2) is 0 Å². The van der Waals surface area contributed by atoms with Crippen LogP contribution in [-0.4, -0.2) is 37.3 Å². The number of benzene rings is 1. The van der Waals surface area contributed by atoms with Gasteiger partial charge in [-0.1, -0.05) is 43.9 Å². The van der Waals surface area contributed by atoms with E-state index in [4.69, 9.17) is 0 Å². The van der Waals surface area contributed by atoms with Gasteiger partial charge < -0.3 is 5.32 Å². The van der Waals surface area contributed by atoms with E-state index in [9.17, 15) is 13.2 Å². The summed E-state index contributed by atoms with van der Waals surface area (Å²) in [4.78, 5) is 13.0. The molecule has 1 N–H and O–H groups in total. The number of nitrogens with one attached hydrogen (secondary N) is 1. The number of amides is 1. The summed E-state index contributed by atoms with van der Waals surface area (Å²) in [7, 11) is -3.62. The highest BCUT2D eigenvalue weighted by Gasteiger charge is 2.38. The molecule has 0 radical (unpaired) electrons. The first-order chi connectivity index (χ1) is 11.6. The van der Waals surface area contributed by atoms with Crippen molar-refractivity contribution in [3.8, 4) is 0 Å². The Labute approximate surface area is 144 Å². The van der Waals surface area contributed by atoms with Crippen LogP contribution in [0.2, 0.25) is 0 Å². The summed E-state index contributed by atoms with van der Waals surface area (Å²) in [5.74, 6) is -0.124. The van der Waals surface area contributed by atoms with Gasteiger partial charge in [-0.3, -0.25) is 4.79 Å². The van der Waals surface area contributed by atoms with Crippen LogP contribution in [0.5, 0.6) is 0 Å². The predicted molar refractivity (Wildman–Crippen MR) is 93.0 cm³/mol. The van der Waals surface area contributed by atoms with Crippen molar-refractivity contribution in [3.05, 3.63) is 30.3 Å². The molecule has 1 aliphatic heterocycles. The fraction of sp³-hybridized carbons (Fsp3) is 0.611. The quantitative estimate of drug-likeness (QED) is 0.908. The molecule has 1 amide bonds. The molecule has 2 fully saturated rings. The molecule has 1 atom stereocenters. The molecule has 1 saturated heterocycles. The zero-order chi connectivity index (χ0) is 17.0. The molecule has 1 aliphatic carbocycles. The monoisotopic (exact) mass is 350 g/mol. The molecule has 1 saturated carbocycles. The zero-order valence-corrected chi connectivity index (χ0v) is 14.8. The summed E-state index contributed by atoms with van der Waals surface area (Å²) in [6, 6.07) is 8.05. The fourth-order valence-electron chi connectivity index (χ4n) is 3.73. The minimum atomic E-state index is -3.62. The summed E-state index contributed by atoms with van der Waals surface area (Å²) in [5, 5.41) is 3.10. The number of hydrogen-bond acceptors (Lipinski definition) is 3. The van der Waals surface area contributed by atoms with Gasteiger partial charge in [-0.05, 0) is 37.8 Å². The fourth-order valence-corrected chi connectivity index (χ4v) is 5.40. The van der Waals surface area contributed by atoms with Crippen LogP contribution in [-0.2, 0) is 14.8 Å². The average Bonchev–Trinajstić information content (AvgIpc) is 2.63. The molecule has 1 heterocycles. The van der Waals surface area contributed by atoms with Crippen molar-refractivity contribution in [3.63, 3.8) is 0 Å². The second-order valence-electron chi connectivity index (χ2n) is 6.78. The molecular formula is C18H26N2O3S. The highest BCUT2D eigenvalue weighted by atomic mass is 32.2. The van der Waals surface area contributed by atoms with E-state index in [2.05, 4.69) is 5.32 Å². The maximum Gasteiger partial charge on any atom is 0.243 e. The smallest absolute Gasteiger partial charge is 0.243 e. The molecule has 24 heavy (non-hydrogen) atoms. The van der Waals surface area contributed by atoms with Crippen LogP contribution in [0, 0.1) is 0 Å². The number of piperidine rings is 1. The van der Waals surface area contributed by atoms with Gasteiger partial charge in [0.05, 0.1) is 4.90 Å². The highest BCUT2D eigenvalue weighted by molar-refractivity contribution is 7.89. The Balaban J connectivity index is 1.76. The Hall–Kier alpha value is -1.40. The first-order valence-corrected chi connectivity index (χ1v) is 10.4. The van der Waals surface area contributed by atoms with Crippen molar-refractivity contribution in [1.82, 2.24) is 9.62 Å². The van der Waals surface area contributed by atoms with Crippen LogP contribution in [0.4, 0.5) is 0 Å². The van der Waals surface area contributed by atoms with E-state index in [0.29, 0.717) is 13.0 Å². The summed E-state index contributed by atoms with van der Waals surface area (Å²) in [6.07, 6.45) is 7.81. The molecule has 0 unspecified atom stereocenters. The van der Waals surface area contributed by atoms with E-state index in [0.717, 1.165) is 38.5 Å². The molecule has 3 rings (SSSR count). The number of hydrogen-bond donors (Lipinski definition) is 1. The van der Waals surface area contributed by atoms with Crippen LogP contribution in [0.1, 0.15) is 51.4 Å². The minimum absolute atomic E-state index is 0.124. The lowest BCUT2D eigenvalue weighted by Gasteiger charge is -2.35. The lowest BCUT2D eigenvalue weighted by molar-refractivity contribution is -0.126. The van der Waals surface area contributed by atoms with Gasteiger partial charge in [-0.25, -0.2) is 8.42 Å². The Morgan fingerprint density at radius 2 is 1.62 bits per heavy atom. The Morgan fingerprint density at radius 3 is 2.33 bits per heavy atom. The predicted octanol–water partition coefficient (Wildman–Crippen LogP) is 2.68. The van der Waals surface area contributed by atoms with Gasteiger partial charge in [-0.2, -0.15) is 4.31 Å². The summed E-state index contributed by atoms with van der Waals surface area (Å²) < 4.78 is 27.3. The van der Waals surface area contributed by atoms with Crippen LogP contribution in [0.3, 0.4) is 0 Å². The van der Waals surface area contributed by atoms with E-state index in [1.165, 1.54) is 10.7 Å². The van der Waals surface area contributed by atoms with Gasteiger partial charge in [0.2, 0.25) is 15.9 Å². The third kappa shape index (κ3) is 3.81. The first-order valence-electron chi connectivity index (χ1n) is 8.96. The van der Waals surface area contributed by atoms with Gasteiger partial charge in [0, 0.05) is 12.6 Å². The largest absolute Gasteiger partial charge is 0.352 e. The highest BCUT2D eigenvalue weighted by Crippen LogP contribution is 2.26. The van der Waals surface area contributed by atoms with Crippen molar-refractivity contribution < 1.29 is 13.2 Å². The van der Waals surface area contributed by atoms with E-state index in [1.54, 1.807) is 30.3 Å². The molecule has 0 bridgehead atoms. The van der Waals surface area contributed by atoms with Crippen LogP contribution >= 0.6 is 0 Å². The van der Waals surface area contributed by atoms with Crippen molar-refractivity contribution in [2.24, 2.45) is 0 Å². The summed E-state index contributed by atoms with van der Waals surface area (Å²) >= 11 is 0. The normalized spacial score (nSPS) is 23.8. The number of carbonyl (C=O) groups is 1. The van der Waals surface area contributed by atoms with Crippen LogP contribution < -0.4 is 5.32 Å². The average molecular weight is 350 g/mol. The Bertz CT molecular complexity index is 654. The lowest BCUT2D eigenvalue weighted by Crippen LogP contribution is -2.53. The van der Waals surface area contributed by atoms with Crippen molar-refractivity contribution in [1.29, 1.82) is 0 Å². The standard InChI is InChI=1S/C18H26N2O3S/c21-18(19-15-9-3-1-4-10-15)17-13-7-8-14-20(17)24(22,23)16-11-5-2-6-12-16/h2,5-6,11-12,15,17H,1,3-4,7-10,13-14H2,(H,19,21)/t17-/m0/s1. The van der Waals surface area contributed by atoms with E-state index < -0.39 is 16.1 Å². The maximum atomic E-state index is 12.9. The molecule has 5 nitrogen and oxygen atoms in total. The lowest BCUT2D eigenvalue weighted by atomic mass is 9.95. The van der Waals surface area contributed by atoms with Gasteiger partial charge >= 0.3 is 0 Å². The maximum absolute atomic E-state index is 12.9. The van der Waals surface area contributed by atoms with Gasteiger partial charge in [-0.15, -0.1) is 0 Å². The molecule has 0 aromatic heterocycles. The van der Waals surface area contributed by atoms with Gasteiger partial charge in [0.1, 0.15) is 6.04 Å². The third-order valence-corrected chi connectivity index (χ3v) is 6.98. The molecule has 0 spiro atoms. The summed E-state index contributed by atoms with van der Waals surface area (Å²) in [5.41, 5.74) is 0. The van der Waals surface area contributed by atoms with Crippen molar-refractivity contribution in [2.45, 2.75) is 68.3 Å². The van der Waals surface area contributed by atoms with Gasteiger partial charge in [0.25, 0.3) is 0 Å². The van der Waals surface area contributed by atoms with Crippen molar-refractivity contribution in [2.75, 3.05) is 6.54 Å². The van der Waals surface area contributed by atoms with E-state index in [1.807, 2.05) is 0 Å². The number of rotatable bonds is 4. The molecule has 1 aromatic carbocycles. The van der Waals surface area contributed by atoms with Crippen LogP contribution in [0.15, 0.2) is 35.2 Å². The minimum Gasteiger partial charge on any atom is -0.352 e. The number of sulfonamides is 1. The first kappa shape index (κ1) is 17.4. The second kappa shape index (κ2) is 7.66.